The molecular weight excluding hydrogens is 731 g/mol. The molecule has 1 aromatic heterocycles. The number of aliphatic imine (C=N–C) groups is 2. The number of fused-ring (bicyclic) bond motifs is 1. The SMILES string of the molecule is C1=C(c2ccccc2)/N=C(c2ccccc2)\N=C(\c2ccc(-c3cccc4c(-c5ccc(-c6nc(-c7ccccc7)nc(-c7ccccc7)n6)cc5)cccc34)cc2)CC\1. The fourth-order valence-electron chi connectivity index (χ4n) is 7.82. The molecule has 284 valence electrons. The van der Waals surface area contributed by atoms with Crippen molar-refractivity contribution in [1.29, 1.82) is 0 Å². The summed E-state index contributed by atoms with van der Waals surface area (Å²) in [7, 11) is 0. The Labute approximate surface area is 349 Å². The fourth-order valence-corrected chi connectivity index (χ4v) is 7.82. The molecule has 0 bridgehead atoms. The minimum Gasteiger partial charge on any atom is -0.232 e. The van der Waals surface area contributed by atoms with E-state index in [1.807, 2.05) is 84.9 Å². The lowest BCUT2D eigenvalue weighted by Gasteiger charge is -2.14. The van der Waals surface area contributed by atoms with Crippen molar-refractivity contribution in [3.63, 3.8) is 0 Å². The van der Waals surface area contributed by atoms with Gasteiger partial charge in [0.1, 0.15) is 0 Å². The zero-order valence-corrected chi connectivity index (χ0v) is 32.9. The van der Waals surface area contributed by atoms with Gasteiger partial charge in [-0.2, -0.15) is 0 Å². The van der Waals surface area contributed by atoms with Gasteiger partial charge in [-0.25, -0.2) is 24.9 Å². The molecular formula is C55H39N5. The average Bonchev–Trinajstić information content (AvgIpc) is 3.32. The van der Waals surface area contributed by atoms with Crippen molar-refractivity contribution in [1.82, 2.24) is 15.0 Å². The van der Waals surface area contributed by atoms with E-state index in [0.717, 1.165) is 74.6 Å². The summed E-state index contributed by atoms with van der Waals surface area (Å²) in [5.41, 5.74) is 12.6. The zero-order valence-electron chi connectivity index (χ0n) is 32.9. The van der Waals surface area contributed by atoms with Crippen LogP contribution in [0.25, 0.3) is 72.9 Å². The standard InChI is InChI=1S/C55H39N5/c1-5-16-40(17-6-1)50-28-15-29-51(57-52(56-50)42-18-7-2-8-19-42)41-34-30-38(31-35-41)46-24-13-27-49-47(25-14-26-48(46)49)39-32-36-45(37-33-39)55-59-53(43-20-9-3-10-21-43)58-54(60-55)44-22-11-4-12-23-44/h1-14,16-28,30-37H,15,29H2/b50-28-,56-52-,57-51+. The summed E-state index contributed by atoms with van der Waals surface area (Å²) in [6.45, 7) is 0. The number of hydrogen-bond donors (Lipinski definition) is 0. The van der Waals surface area contributed by atoms with E-state index in [2.05, 4.69) is 127 Å². The first-order valence-corrected chi connectivity index (χ1v) is 20.3. The highest BCUT2D eigenvalue weighted by atomic mass is 15.0. The van der Waals surface area contributed by atoms with Gasteiger partial charge in [-0.15, -0.1) is 0 Å². The van der Waals surface area contributed by atoms with E-state index in [9.17, 15) is 0 Å². The van der Waals surface area contributed by atoms with E-state index in [4.69, 9.17) is 24.9 Å². The molecule has 0 atom stereocenters. The summed E-state index contributed by atoms with van der Waals surface area (Å²) in [6.07, 6.45) is 3.90. The third-order valence-corrected chi connectivity index (χ3v) is 10.9. The molecule has 5 nitrogen and oxygen atoms in total. The lowest BCUT2D eigenvalue weighted by atomic mass is 9.92. The van der Waals surface area contributed by atoms with Crippen LogP contribution in [0.15, 0.2) is 222 Å². The van der Waals surface area contributed by atoms with Crippen LogP contribution in [0.2, 0.25) is 0 Å². The molecule has 0 unspecified atom stereocenters. The molecule has 0 fully saturated rings. The molecule has 60 heavy (non-hydrogen) atoms. The molecule has 0 saturated carbocycles. The van der Waals surface area contributed by atoms with Crippen molar-refractivity contribution in [2.24, 2.45) is 9.98 Å². The molecule has 2 heterocycles. The van der Waals surface area contributed by atoms with Crippen LogP contribution in [0, 0.1) is 0 Å². The van der Waals surface area contributed by atoms with Gasteiger partial charge >= 0.3 is 0 Å². The highest BCUT2D eigenvalue weighted by Crippen LogP contribution is 2.36. The number of aromatic nitrogens is 3. The number of allylic oxidation sites excluding steroid dienone is 1. The third-order valence-electron chi connectivity index (χ3n) is 10.9. The quantitative estimate of drug-likeness (QED) is 0.155. The van der Waals surface area contributed by atoms with Crippen LogP contribution in [0.5, 0.6) is 0 Å². The van der Waals surface area contributed by atoms with Crippen molar-refractivity contribution in [3.8, 4) is 56.4 Å². The van der Waals surface area contributed by atoms with E-state index in [1.54, 1.807) is 0 Å². The second-order valence-electron chi connectivity index (χ2n) is 14.8. The van der Waals surface area contributed by atoms with Crippen LogP contribution in [0.4, 0.5) is 0 Å². The van der Waals surface area contributed by atoms with E-state index >= 15 is 0 Å². The van der Waals surface area contributed by atoms with E-state index in [0.29, 0.717) is 17.5 Å². The first-order chi connectivity index (χ1) is 29.7. The van der Waals surface area contributed by atoms with Gasteiger partial charge in [0.15, 0.2) is 23.3 Å². The Morgan fingerprint density at radius 1 is 0.300 bits per heavy atom. The summed E-state index contributed by atoms with van der Waals surface area (Å²) in [4.78, 5) is 25.1. The van der Waals surface area contributed by atoms with Crippen molar-refractivity contribution in [2.75, 3.05) is 0 Å². The van der Waals surface area contributed by atoms with E-state index in [-0.39, 0.29) is 0 Å². The predicted molar refractivity (Wildman–Crippen MR) is 248 cm³/mol. The van der Waals surface area contributed by atoms with Gasteiger partial charge in [0.2, 0.25) is 0 Å². The molecule has 0 spiro atoms. The molecule has 10 rings (SSSR count). The van der Waals surface area contributed by atoms with Gasteiger partial charge in [-0.3, -0.25) is 0 Å². The second-order valence-corrected chi connectivity index (χ2v) is 14.8. The van der Waals surface area contributed by atoms with Gasteiger partial charge in [0.25, 0.3) is 0 Å². The van der Waals surface area contributed by atoms with E-state index in [1.165, 1.54) is 21.9 Å². The molecule has 1 aliphatic heterocycles. The van der Waals surface area contributed by atoms with Crippen LogP contribution in [-0.2, 0) is 0 Å². The molecule has 1 aliphatic rings. The lowest BCUT2D eigenvalue weighted by Crippen LogP contribution is -2.09. The minimum atomic E-state index is 0.639. The van der Waals surface area contributed by atoms with Crippen LogP contribution in [0.3, 0.4) is 0 Å². The Morgan fingerprint density at radius 2 is 0.700 bits per heavy atom. The topological polar surface area (TPSA) is 63.4 Å². The first-order valence-electron chi connectivity index (χ1n) is 20.3. The van der Waals surface area contributed by atoms with E-state index < -0.39 is 0 Å². The highest BCUT2D eigenvalue weighted by molar-refractivity contribution is 6.14. The van der Waals surface area contributed by atoms with Crippen LogP contribution in [0.1, 0.15) is 29.5 Å². The number of nitrogens with zero attached hydrogens (tertiary/aromatic N) is 5. The molecule has 0 aliphatic carbocycles. The fraction of sp³-hybridized carbons (Fsp3) is 0.0364. The Kier molecular flexibility index (Phi) is 10.0. The molecule has 5 heteroatoms. The number of rotatable bonds is 8. The summed E-state index contributed by atoms with van der Waals surface area (Å²) in [5.74, 6) is 2.66. The molecule has 8 aromatic carbocycles. The number of hydrogen-bond acceptors (Lipinski definition) is 5. The summed E-state index contributed by atoms with van der Waals surface area (Å²) in [5, 5.41) is 2.39. The maximum atomic E-state index is 5.23. The first kappa shape index (κ1) is 36.5. The Morgan fingerprint density at radius 3 is 1.18 bits per heavy atom. The number of benzene rings is 8. The monoisotopic (exact) mass is 769 g/mol. The van der Waals surface area contributed by atoms with Crippen molar-refractivity contribution in [2.45, 2.75) is 12.8 Å². The third kappa shape index (κ3) is 7.60. The van der Waals surface area contributed by atoms with Crippen molar-refractivity contribution in [3.05, 3.63) is 229 Å². The van der Waals surface area contributed by atoms with Gasteiger partial charge in [-0.1, -0.05) is 212 Å². The van der Waals surface area contributed by atoms with Crippen LogP contribution in [-0.4, -0.2) is 26.5 Å². The number of amidine groups is 1. The summed E-state index contributed by atoms with van der Waals surface area (Å²) >= 11 is 0. The summed E-state index contributed by atoms with van der Waals surface area (Å²) < 4.78 is 0. The molecule has 9 aromatic rings. The average molecular weight is 770 g/mol. The predicted octanol–water partition coefficient (Wildman–Crippen LogP) is 13.4. The second kappa shape index (κ2) is 16.5. The maximum Gasteiger partial charge on any atom is 0.164 e. The Balaban J connectivity index is 0.959. The lowest BCUT2D eigenvalue weighted by molar-refractivity contribution is 1.07. The normalized spacial score (nSPS) is 15.4. The van der Waals surface area contributed by atoms with Crippen molar-refractivity contribution < 1.29 is 0 Å². The van der Waals surface area contributed by atoms with Crippen LogP contribution >= 0.6 is 0 Å². The molecule has 0 saturated heterocycles. The molecule has 0 amide bonds. The minimum absolute atomic E-state index is 0.639. The van der Waals surface area contributed by atoms with Crippen LogP contribution < -0.4 is 0 Å². The smallest absolute Gasteiger partial charge is 0.164 e. The Hall–Kier alpha value is -7.89. The van der Waals surface area contributed by atoms with Gasteiger partial charge in [0.05, 0.1) is 11.4 Å². The Bertz CT molecular complexity index is 2970. The van der Waals surface area contributed by atoms with Gasteiger partial charge in [-0.05, 0) is 57.0 Å². The van der Waals surface area contributed by atoms with Gasteiger partial charge < -0.3 is 0 Å². The molecule has 0 N–H and O–H groups in total. The van der Waals surface area contributed by atoms with Gasteiger partial charge in [0, 0.05) is 22.3 Å². The maximum absolute atomic E-state index is 5.23. The summed E-state index contributed by atoms with van der Waals surface area (Å²) in [6, 6.07) is 71.3. The zero-order chi connectivity index (χ0) is 40.1. The molecule has 0 radical (unpaired) electrons. The largest absolute Gasteiger partial charge is 0.232 e. The van der Waals surface area contributed by atoms with Crippen molar-refractivity contribution >= 4 is 28.0 Å². The highest BCUT2D eigenvalue weighted by Gasteiger charge is 2.16.